The fourth-order valence-electron chi connectivity index (χ4n) is 3.13. The summed E-state index contributed by atoms with van der Waals surface area (Å²) in [7, 11) is 0. The number of nitrogens with one attached hydrogen (secondary N) is 1. The Bertz CT molecular complexity index is 539. The van der Waals surface area contributed by atoms with E-state index in [4.69, 9.17) is 4.74 Å². The number of aromatic nitrogens is 2. The van der Waals surface area contributed by atoms with Crippen molar-refractivity contribution in [2.75, 3.05) is 77.4 Å². The predicted molar refractivity (Wildman–Crippen MR) is 95.8 cm³/mol. The van der Waals surface area contributed by atoms with Crippen molar-refractivity contribution in [3.05, 3.63) is 18.0 Å². The van der Waals surface area contributed by atoms with Crippen LogP contribution in [0.2, 0.25) is 0 Å². The molecule has 2 aliphatic heterocycles. The maximum absolute atomic E-state index is 12.5. The van der Waals surface area contributed by atoms with Gasteiger partial charge in [0.1, 0.15) is 0 Å². The number of amides is 1. The molecule has 3 heterocycles. The molecule has 2 fully saturated rings. The highest BCUT2D eigenvalue weighted by Crippen LogP contribution is 2.08. The number of anilines is 1. The monoisotopic (exact) mass is 348 g/mol. The van der Waals surface area contributed by atoms with Gasteiger partial charge < -0.3 is 19.9 Å². The molecule has 0 bridgehead atoms. The second-order valence-corrected chi connectivity index (χ2v) is 6.40. The van der Waals surface area contributed by atoms with Crippen LogP contribution >= 0.6 is 0 Å². The second-order valence-electron chi connectivity index (χ2n) is 6.40. The summed E-state index contributed by atoms with van der Waals surface area (Å²) in [6.07, 6.45) is 3.25. The predicted octanol–water partition coefficient (Wildman–Crippen LogP) is -0.00160. The molecule has 0 aromatic carbocycles. The van der Waals surface area contributed by atoms with E-state index in [0.29, 0.717) is 11.5 Å². The molecule has 25 heavy (non-hydrogen) atoms. The van der Waals surface area contributed by atoms with Gasteiger partial charge in [-0.1, -0.05) is 6.92 Å². The number of hydrogen-bond donors (Lipinski definition) is 1. The van der Waals surface area contributed by atoms with Crippen LogP contribution in [0.3, 0.4) is 0 Å². The van der Waals surface area contributed by atoms with Crippen molar-refractivity contribution in [3.63, 3.8) is 0 Å². The van der Waals surface area contributed by atoms with E-state index < -0.39 is 0 Å². The van der Waals surface area contributed by atoms with E-state index in [9.17, 15) is 4.79 Å². The van der Waals surface area contributed by atoms with Crippen molar-refractivity contribution in [1.29, 1.82) is 0 Å². The van der Waals surface area contributed by atoms with Crippen LogP contribution in [-0.2, 0) is 4.74 Å². The van der Waals surface area contributed by atoms with E-state index in [0.717, 1.165) is 72.1 Å². The molecular formula is C17H28N6O2. The van der Waals surface area contributed by atoms with Crippen LogP contribution < -0.4 is 5.32 Å². The summed E-state index contributed by atoms with van der Waals surface area (Å²) in [6, 6.07) is 0. The van der Waals surface area contributed by atoms with E-state index >= 15 is 0 Å². The molecule has 2 saturated heterocycles. The number of carbonyl (C=O) groups is 1. The second kappa shape index (κ2) is 9.07. The van der Waals surface area contributed by atoms with E-state index in [2.05, 4.69) is 32.0 Å². The molecule has 0 aliphatic carbocycles. The molecular weight excluding hydrogens is 320 g/mol. The molecule has 1 N–H and O–H groups in total. The van der Waals surface area contributed by atoms with Crippen LogP contribution in [0.1, 0.15) is 17.3 Å². The molecule has 0 saturated carbocycles. The smallest absolute Gasteiger partial charge is 0.257 e. The highest BCUT2D eigenvalue weighted by molar-refractivity contribution is 5.93. The van der Waals surface area contributed by atoms with Gasteiger partial charge in [-0.3, -0.25) is 9.69 Å². The first-order valence-electron chi connectivity index (χ1n) is 9.14. The van der Waals surface area contributed by atoms with Crippen molar-refractivity contribution < 1.29 is 9.53 Å². The third-order valence-corrected chi connectivity index (χ3v) is 4.82. The topological polar surface area (TPSA) is 73.8 Å². The number of nitrogens with zero attached hydrogens (tertiary/aromatic N) is 5. The van der Waals surface area contributed by atoms with Gasteiger partial charge in [-0.2, -0.15) is 0 Å². The van der Waals surface area contributed by atoms with E-state index in [1.807, 2.05) is 4.90 Å². The molecule has 0 spiro atoms. The van der Waals surface area contributed by atoms with Gasteiger partial charge in [0.15, 0.2) is 0 Å². The summed E-state index contributed by atoms with van der Waals surface area (Å²) in [6.45, 7) is 11.9. The Morgan fingerprint density at radius 3 is 2.40 bits per heavy atom. The average molecular weight is 348 g/mol. The molecule has 0 atom stereocenters. The van der Waals surface area contributed by atoms with Gasteiger partial charge in [0.25, 0.3) is 5.91 Å². The first-order valence-corrected chi connectivity index (χ1v) is 9.14. The minimum Gasteiger partial charge on any atom is -0.379 e. The van der Waals surface area contributed by atoms with E-state index in [1.165, 1.54) is 0 Å². The molecule has 8 nitrogen and oxygen atoms in total. The minimum atomic E-state index is 0.0237. The number of morpholine rings is 1. The van der Waals surface area contributed by atoms with Gasteiger partial charge >= 0.3 is 0 Å². The van der Waals surface area contributed by atoms with Crippen LogP contribution in [0.25, 0.3) is 0 Å². The van der Waals surface area contributed by atoms with Crippen molar-refractivity contribution in [3.8, 4) is 0 Å². The van der Waals surface area contributed by atoms with Crippen molar-refractivity contribution >= 4 is 11.9 Å². The Balaban J connectivity index is 1.44. The number of rotatable bonds is 6. The molecule has 1 aromatic rings. The zero-order valence-corrected chi connectivity index (χ0v) is 15.0. The fraction of sp³-hybridized carbons (Fsp3) is 0.706. The molecule has 0 radical (unpaired) electrons. The van der Waals surface area contributed by atoms with Crippen LogP contribution in [0, 0.1) is 0 Å². The molecule has 3 rings (SSSR count). The molecule has 138 valence electrons. The Morgan fingerprint density at radius 1 is 1.08 bits per heavy atom. The first-order chi connectivity index (χ1) is 12.3. The zero-order chi connectivity index (χ0) is 17.5. The van der Waals surface area contributed by atoms with Crippen LogP contribution in [-0.4, -0.2) is 103 Å². The molecule has 8 heteroatoms. The summed E-state index contributed by atoms with van der Waals surface area (Å²) >= 11 is 0. The zero-order valence-electron chi connectivity index (χ0n) is 15.0. The highest BCUT2D eigenvalue weighted by atomic mass is 16.5. The quantitative estimate of drug-likeness (QED) is 0.775. The first kappa shape index (κ1) is 18.0. The summed E-state index contributed by atoms with van der Waals surface area (Å²) in [5.74, 6) is 0.594. The summed E-state index contributed by atoms with van der Waals surface area (Å²) < 4.78 is 5.34. The van der Waals surface area contributed by atoms with E-state index in [1.54, 1.807) is 12.4 Å². The molecule has 2 aliphatic rings. The Morgan fingerprint density at radius 2 is 1.76 bits per heavy atom. The minimum absolute atomic E-state index is 0.0237. The van der Waals surface area contributed by atoms with Crippen molar-refractivity contribution in [2.45, 2.75) is 6.92 Å². The van der Waals surface area contributed by atoms with Crippen molar-refractivity contribution in [1.82, 2.24) is 24.7 Å². The summed E-state index contributed by atoms with van der Waals surface area (Å²) in [4.78, 5) is 27.7. The van der Waals surface area contributed by atoms with Crippen molar-refractivity contribution in [2.24, 2.45) is 0 Å². The highest BCUT2D eigenvalue weighted by Gasteiger charge is 2.21. The van der Waals surface area contributed by atoms with Gasteiger partial charge in [0.2, 0.25) is 5.95 Å². The van der Waals surface area contributed by atoms with Gasteiger partial charge in [0.05, 0.1) is 18.8 Å². The van der Waals surface area contributed by atoms with Gasteiger partial charge in [-0.05, 0) is 6.54 Å². The third kappa shape index (κ3) is 5.10. The Labute approximate surface area is 149 Å². The largest absolute Gasteiger partial charge is 0.379 e. The molecule has 0 unspecified atom stereocenters. The lowest BCUT2D eigenvalue weighted by atomic mass is 10.2. The molecule has 1 aromatic heterocycles. The molecule has 1 amide bonds. The van der Waals surface area contributed by atoms with Gasteiger partial charge in [0, 0.05) is 64.8 Å². The average Bonchev–Trinajstić information content (AvgIpc) is 2.69. The Hall–Kier alpha value is -1.77. The number of piperazine rings is 1. The number of likely N-dealkylation sites (N-methyl/N-ethyl adjacent to an activating group) is 1. The van der Waals surface area contributed by atoms with Crippen LogP contribution in [0.5, 0.6) is 0 Å². The standard InChI is InChI=1S/C17H28N6O2/c1-2-21-5-7-23(8-6-21)16(24)15-13-19-17(20-14-15)18-3-4-22-9-11-25-12-10-22/h13-14H,2-12H2,1H3,(H,18,19,20). The number of carbonyl (C=O) groups excluding carboxylic acids is 1. The van der Waals surface area contributed by atoms with Crippen LogP contribution in [0.4, 0.5) is 5.95 Å². The summed E-state index contributed by atoms with van der Waals surface area (Å²) in [5.41, 5.74) is 0.559. The van der Waals surface area contributed by atoms with Crippen LogP contribution in [0.15, 0.2) is 12.4 Å². The summed E-state index contributed by atoms with van der Waals surface area (Å²) in [5, 5.41) is 3.21. The fourth-order valence-corrected chi connectivity index (χ4v) is 3.13. The maximum atomic E-state index is 12.5. The number of hydrogen-bond acceptors (Lipinski definition) is 7. The third-order valence-electron chi connectivity index (χ3n) is 4.82. The van der Waals surface area contributed by atoms with Gasteiger partial charge in [-0.15, -0.1) is 0 Å². The number of ether oxygens (including phenoxy) is 1. The lowest BCUT2D eigenvalue weighted by Crippen LogP contribution is -2.48. The maximum Gasteiger partial charge on any atom is 0.257 e. The lowest BCUT2D eigenvalue weighted by Gasteiger charge is -2.33. The lowest BCUT2D eigenvalue weighted by molar-refractivity contribution is 0.0398. The SMILES string of the molecule is CCN1CCN(C(=O)c2cnc(NCCN3CCOCC3)nc2)CC1. The Kier molecular flexibility index (Phi) is 6.55. The normalized spacial score (nSPS) is 19.8. The van der Waals surface area contributed by atoms with Gasteiger partial charge in [-0.25, -0.2) is 9.97 Å². The van der Waals surface area contributed by atoms with E-state index in [-0.39, 0.29) is 5.91 Å².